The summed E-state index contributed by atoms with van der Waals surface area (Å²) in [5, 5.41) is 1.74. The number of carbonyl (C=O) groups is 1. The number of thiazole rings is 1. The molecule has 2 heterocycles. The third-order valence-electron chi connectivity index (χ3n) is 4.47. The molecule has 0 saturated carbocycles. The number of carbonyl (C=O) groups excluding carboxylic acids is 1. The number of aromatic nitrogens is 1. The van der Waals surface area contributed by atoms with Crippen LogP contribution in [-0.2, 0) is 0 Å². The van der Waals surface area contributed by atoms with Crippen LogP contribution in [0, 0.1) is 17.6 Å². The highest BCUT2D eigenvalue weighted by Gasteiger charge is 2.27. The molecular weight excluding hydrogens is 368 g/mol. The quantitative estimate of drug-likeness (QED) is 0.873. The molecule has 1 atom stereocenters. The Labute approximate surface area is 155 Å². The van der Waals surface area contributed by atoms with E-state index in [0.29, 0.717) is 19.0 Å². The molecule has 1 amide bonds. The number of nitrogens with zero attached hydrogens (tertiary/aromatic N) is 2. The van der Waals surface area contributed by atoms with Gasteiger partial charge in [-0.25, -0.2) is 13.8 Å². The van der Waals surface area contributed by atoms with Gasteiger partial charge in [-0.2, -0.15) is 0 Å². The van der Waals surface area contributed by atoms with Gasteiger partial charge in [-0.05, 0) is 37.8 Å². The number of piperidine rings is 1. The predicted molar refractivity (Wildman–Crippen MR) is 97.0 cm³/mol. The maximum absolute atomic E-state index is 13.8. The van der Waals surface area contributed by atoms with E-state index in [1.54, 1.807) is 10.3 Å². The number of hydrogen-bond acceptors (Lipinski definition) is 4. The Morgan fingerprint density at radius 2 is 1.92 bits per heavy atom. The molecule has 25 heavy (non-hydrogen) atoms. The Kier molecular flexibility index (Phi) is 6.48. The minimum Gasteiger partial charge on any atom is -0.337 e. The van der Waals surface area contributed by atoms with Gasteiger partial charge in [0.25, 0.3) is 5.91 Å². The standard InChI is InChI=1S/C17H19F2N3OS.ClH/c1-10(20)11-5-7-22(8-6-11)17(23)14-9-24-16(21-14)15-12(18)3-2-4-13(15)19;/h2-4,9-11H,5-8,20H2,1H3;1H. The molecule has 1 aromatic heterocycles. The number of rotatable bonds is 3. The van der Waals surface area contributed by atoms with Gasteiger partial charge in [0.15, 0.2) is 0 Å². The Morgan fingerprint density at radius 3 is 2.48 bits per heavy atom. The molecule has 0 bridgehead atoms. The van der Waals surface area contributed by atoms with E-state index in [4.69, 9.17) is 5.73 Å². The van der Waals surface area contributed by atoms with Crippen LogP contribution in [0.4, 0.5) is 8.78 Å². The first kappa shape index (κ1) is 19.8. The summed E-state index contributed by atoms with van der Waals surface area (Å²) in [5.41, 5.74) is 5.96. The molecule has 0 spiro atoms. The van der Waals surface area contributed by atoms with Crippen molar-refractivity contribution in [2.24, 2.45) is 11.7 Å². The molecule has 0 aliphatic carbocycles. The Bertz CT molecular complexity index is 725. The fourth-order valence-electron chi connectivity index (χ4n) is 2.98. The summed E-state index contributed by atoms with van der Waals surface area (Å²) >= 11 is 1.07. The van der Waals surface area contributed by atoms with Gasteiger partial charge < -0.3 is 10.6 Å². The minimum atomic E-state index is -0.680. The number of hydrogen-bond donors (Lipinski definition) is 1. The van der Waals surface area contributed by atoms with Gasteiger partial charge in [-0.3, -0.25) is 4.79 Å². The summed E-state index contributed by atoms with van der Waals surface area (Å²) < 4.78 is 27.7. The zero-order valence-electron chi connectivity index (χ0n) is 13.7. The SMILES string of the molecule is CC(N)C1CCN(C(=O)c2csc(-c3c(F)cccc3F)n2)CC1.Cl. The number of amides is 1. The van der Waals surface area contributed by atoms with Crippen LogP contribution in [0.3, 0.4) is 0 Å². The van der Waals surface area contributed by atoms with Gasteiger partial charge in [0.2, 0.25) is 0 Å². The fraction of sp³-hybridized carbons (Fsp3) is 0.412. The van der Waals surface area contributed by atoms with Crippen molar-refractivity contribution in [3.05, 3.63) is 40.9 Å². The second-order valence-electron chi connectivity index (χ2n) is 6.12. The van der Waals surface area contributed by atoms with E-state index in [0.717, 1.165) is 24.2 Å². The lowest BCUT2D eigenvalue weighted by molar-refractivity contribution is 0.0676. The van der Waals surface area contributed by atoms with Crippen molar-refractivity contribution in [3.8, 4) is 10.6 Å². The Hall–Kier alpha value is -1.57. The summed E-state index contributed by atoms with van der Waals surface area (Å²) in [6.45, 7) is 3.25. The van der Waals surface area contributed by atoms with Crippen molar-refractivity contribution in [2.45, 2.75) is 25.8 Å². The van der Waals surface area contributed by atoms with Crippen LogP contribution in [0.5, 0.6) is 0 Å². The van der Waals surface area contributed by atoms with Crippen LogP contribution >= 0.6 is 23.7 Å². The molecule has 1 unspecified atom stereocenters. The highest BCUT2D eigenvalue weighted by molar-refractivity contribution is 7.13. The van der Waals surface area contributed by atoms with E-state index in [1.165, 1.54) is 18.2 Å². The zero-order chi connectivity index (χ0) is 17.3. The minimum absolute atomic E-state index is 0. The second-order valence-corrected chi connectivity index (χ2v) is 6.98. The van der Waals surface area contributed by atoms with Crippen LogP contribution in [0.25, 0.3) is 10.6 Å². The summed E-state index contributed by atoms with van der Waals surface area (Å²) in [6, 6.07) is 3.79. The first-order valence-electron chi connectivity index (χ1n) is 7.92. The van der Waals surface area contributed by atoms with Crippen LogP contribution in [-0.4, -0.2) is 34.9 Å². The molecule has 3 rings (SSSR count). The van der Waals surface area contributed by atoms with Crippen LogP contribution in [0.15, 0.2) is 23.6 Å². The largest absolute Gasteiger partial charge is 0.337 e. The van der Waals surface area contributed by atoms with Gasteiger partial charge in [-0.15, -0.1) is 23.7 Å². The van der Waals surface area contributed by atoms with Gasteiger partial charge in [0.1, 0.15) is 22.3 Å². The summed E-state index contributed by atoms with van der Waals surface area (Å²) in [7, 11) is 0. The van der Waals surface area contributed by atoms with Gasteiger partial charge >= 0.3 is 0 Å². The maximum atomic E-state index is 13.8. The Morgan fingerprint density at radius 1 is 1.32 bits per heavy atom. The van der Waals surface area contributed by atoms with E-state index < -0.39 is 11.6 Å². The van der Waals surface area contributed by atoms with Crippen molar-refractivity contribution in [2.75, 3.05) is 13.1 Å². The van der Waals surface area contributed by atoms with Gasteiger partial charge in [-0.1, -0.05) is 6.07 Å². The molecule has 1 aromatic carbocycles. The number of benzene rings is 1. The Balaban J connectivity index is 0.00000225. The lowest BCUT2D eigenvalue weighted by Gasteiger charge is -2.33. The molecule has 0 radical (unpaired) electrons. The van der Waals surface area contributed by atoms with Crippen molar-refractivity contribution in [3.63, 3.8) is 0 Å². The second kappa shape index (κ2) is 8.21. The van der Waals surface area contributed by atoms with Crippen LogP contribution < -0.4 is 5.73 Å². The maximum Gasteiger partial charge on any atom is 0.273 e. The number of nitrogens with two attached hydrogens (primary N) is 1. The molecule has 8 heteroatoms. The summed E-state index contributed by atoms with van der Waals surface area (Å²) in [5.74, 6) is -1.13. The van der Waals surface area contributed by atoms with Crippen molar-refractivity contribution in [1.29, 1.82) is 0 Å². The third-order valence-corrected chi connectivity index (χ3v) is 5.33. The van der Waals surface area contributed by atoms with Gasteiger partial charge in [0, 0.05) is 24.5 Å². The molecular formula is C17H20ClF2N3OS. The lowest BCUT2D eigenvalue weighted by Crippen LogP contribution is -2.42. The van der Waals surface area contributed by atoms with Crippen molar-refractivity contribution in [1.82, 2.24) is 9.88 Å². The molecule has 1 fully saturated rings. The smallest absolute Gasteiger partial charge is 0.273 e. The number of likely N-dealkylation sites (tertiary alicyclic amines) is 1. The molecule has 1 aliphatic rings. The molecule has 2 aromatic rings. The first-order chi connectivity index (χ1) is 11.5. The summed E-state index contributed by atoms with van der Waals surface area (Å²) in [4.78, 5) is 18.4. The number of halogens is 3. The van der Waals surface area contributed by atoms with Crippen molar-refractivity contribution >= 4 is 29.7 Å². The molecule has 1 saturated heterocycles. The third kappa shape index (κ3) is 4.16. The van der Waals surface area contributed by atoms with E-state index in [1.807, 2.05) is 6.92 Å². The van der Waals surface area contributed by atoms with Crippen molar-refractivity contribution < 1.29 is 13.6 Å². The van der Waals surface area contributed by atoms with E-state index in [-0.39, 0.29) is 40.6 Å². The summed E-state index contributed by atoms with van der Waals surface area (Å²) in [6.07, 6.45) is 1.73. The lowest BCUT2D eigenvalue weighted by atomic mass is 9.91. The zero-order valence-corrected chi connectivity index (χ0v) is 15.4. The molecule has 4 nitrogen and oxygen atoms in total. The van der Waals surface area contributed by atoms with E-state index in [2.05, 4.69) is 4.98 Å². The predicted octanol–water partition coefficient (Wildman–Crippen LogP) is 3.71. The average Bonchev–Trinajstić information content (AvgIpc) is 3.03. The molecule has 1 aliphatic heterocycles. The van der Waals surface area contributed by atoms with Crippen LogP contribution in [0.1, 0.15) is 30.3 Å². The average molecular weight is 388 g/mol. The van der Waals surface area contributed by atoms with Crippen LogP contribution in [0.2, 0.25) is 0 Å². The first-order valence-corrected chi connectivity index (χ1v) is 8.80. The van der Waals surface area contributed by atoms with E-state index >= 15 is 0 Å². The molecule has 2 N–H and O–H groups in total. The fourth-order valence-corrected chi connectivity index (χ4v) is 3.82. The molecule has 136 valence electrons. The normalized spacial score (nSPS) is 16.4. The highest BCUT2D eigenvalue weighted by atomic mass is 35.5. The van der Waals surface area contributed by atoms with Gasteiger partial charge in [0.05, 0.1) is 5.56 Å². The monoisotopic (exact) mass is 387 g/mol. The topological polar surface area (TPSA) is 59.2 Å². The highest BCUT2D eigenvalue weighted by Crippen LogP contribution is 2.29. The van der Waals surface area contributed by atoms with E-state index in [9.17, 15) is 13.6 Å².